The molecule has 2 amide bonds. The summed E-state index contributed by atoms with van der Waals surface area (Å²) in [7, 11) is 0. The summed E-state index contributed by atoms with van der Waals surface area (Å²) in [6.45, 7) is 3.28. The van der Waals surface area contributed by atoms with E-state index in [2.05, 4.69) is 5.32 Å². The molecular formula is C21H24N2O4. The second-order valence-electron chi connectivity index (χ2n) is 6.78. The number of carboxylic acid groups (broad SMARTS) is 1. The highest BCUT2D eigenvalue weighted by Crippen LogP contribution is 2.26. The van der Waals surface area contributed by atoms with Crippen molar-refractivity contribution in [2.75, 3.05) is 13.1 Å². The van der Waals surface area contributed by atoms with Gasteiger partial charge in [0.25, 0.3) is 0 Å². The first-order chi connectivity index (χ1) is 13.0. The minimum absolute atomic E-state index is 0.177. The van der Waals surface area contributed by atoms with Gasteiger partial charge in [0.05, 0.1) is 5.92 Å². The number of ether oxygens (including phenoxy) is 1. The molecule has 0 unspecified atom stereocenters. The number of amides is 2. The van der Waals surface area contributed by atoms with E-state index in [9.17, 15) is 9.59 Å². The molecule has 0 atom stereocenters. The van der Waals surface area contributed by atoms with Gasteiger partial charge in [0.15, 0.2) is 0 Å². The second-order valence-corrected chi connectivity index (χ2v) is 6.78. The molecule has 6 nitrogen and oxygen atoms in total. The molecule has 0 aromatic heterocycles. The molecule has 0 spiro atoms. The molecule has 0 saturated carbocycles. The molecule has 1 saturated heterocycles. The lowest BCUT2D eigenvalue weighted by Crippen LogP contribution is -2.45. The average Bonchev–Trinajstić information content (AvgIpc) is 2.67. The largest absolute Gasteiger partial charge is 0.481 e. The molecule has 27 heavy (non-hydrogen) atoms. The SMILES string of the molecule is Cc1cccc(Oc2ccccc2CNC(=O)N2CCC(C(=O)O)CC2)c1. The summed E-state index contributed by atoms with van der Waals surface area (Å²) in [5.74, 6) is 0.326. The number of carboxylic acids is 1. The van der Waals surface area contributed by atoms with Gasteiger partial charge in [0.1, 0.15) is 11.5 Å². The fourth-order valence-electron chi connectivity index (χ4n) is 3.17. The van der Waals surface area contributed by atoms with E-state index < -0.39 is 5.97 Å². The molecular weight excluding hydrogens is 344 g/mol. The minimum atomic E-state index is -0.780. The topological polar surface area (TPSA) is 78.9 Å². The van der Waals surface area contributed by atoms with Crippen molar-refractivity contribution in [3.63, 3.8) is 0 Å². The van der Waals surface area contributed by atoms with Crippen molar-refractivity contribution in [1.82, 2.24) is 10.2 Å². The number of nitrogens with one attached hydrogen (secondary N) is 1. The Balaban J connectivity index is 1.58. The zero-order valence-corrected chi connectivity index (χ0v) is 15.4. The molecule has 2 aromatic carbocycles. The number of carbonyl (C=O) groups is 2. The number of carbonyl (C=O) groups excluding carboxylic acids is 1. The van der Waals surface area contributed by atoms with E-state index in [1.54, 1.807) is 4.90 Å². The maximum atomic E-state index is 12.4. The number of hydrogen-bond donors (Lipinski definition) is 2. The van der Waals surface area contributed by atoms with Crippen LogP contribution in [0.5, 0.6) is 11.5 Å². The van der Waals surface area contributed by atoms with Gasteiger partial charge in [-0.05, 0) is 43.5 Å². The summed E-state index contributed by atoms with van der Waals surface area (Å²) < 4.78 is 5.98. The maximum Gasteiger partial charge on any atom is 0.317 e. The van der Waals surface area contributed by atoms with Gasteiger partial charge in [0, 0.05) is 25.2 Å². The highest BCUT2D eigenvalue weighted by atomic mass is 16.5. The summed E-state index contributed by atoms with van der Waals surface area (Å²) in [5, 5.41) is 12.0. The average molecular weight is 368 g/mol. The summed E-state index contributed by atoms with van der Waals surface area (Å²) in [5.41, 5.74) is 2.00. The number of likely N-dealkylation sites (tertiary alicyclic amines) is 1. The third kappa shape index (κ3) is 5.00. The van der Waals surface area contributed by atoms with Crippen LogP contribution in [0.4, 0.5) is 4.79 Å². The molecule has 1 fully saturated rings. The van der Waals surface area contributed by atoms with Gasteiger partial charge in [-0.3, -0.25) is 4.79 Å². The Kier molecular flexibility index (Phi) is 5.96. The molecule has 0 aliphatic carbocycles. The van der Waals surface area contributed by atoms with Crippen molar-refractivity contribution in [1.29, 1.82) is 0 Å². The molecule has 3 rings (SSSR count). The Morgan fingerprint density at radius 1 is 1.15 bits per heavy atom. The zero-order valence-electron chi connectivity index (χ0n) is 15.4. The Labute approximate surface area is 158 Å². The van der Waals surface area contributed by atoms with E-state index in [4.69, 9.17) is 9.84 Å². The molecule has 2 N–H and O–H groups in total. The summed E-state index contributed by atoms with van der Waals surface area (Å²) in [4.78, 5) is 25.1. The smallest absolute Gasteiger partial charge is 0.317 e. The molecule has 6 heteroatoms. The molecule has 0 bridgehead atoms. The van der Waals surface area contributed by atoms with Crippen LogP contribution in [0.15, 0.2) is 48.5 Å². The Hall–Kier alpha value is -3.02. The molecule has 2 aromatic rings. The number of para-hydroxylation sites is 1. The minimum Gasteiger partial charge on any atom is -0.481 e. The first-order valence-electron chi connectivity index (χ1n) is 9.11. The highest BCUT2D eigenvalue weighted by molar-refractivity contribution is 5.75. The monoisotopic (exact) mass is 368 g/mol. The van der Waals surface area contributed by atoms with Gasteiger partial charge >= 0.3 is 12.0 Å². The molecule has 0 radical (unpaired) electrons. The van der Waals surface area contributed by atoms with Gasteiger partial charge in [-0.25, -0.2) is 4.79 Å². The lowest BCUT2D eigenvalue weighted by molar-refractivity contribution is -0.143. The number of urea groups is 1. The fourth-order valence-corrected chi connectivity index (χ4v) is 3.17. The van der Waals surface area contributed by atoms with Crippen LogP contribution in [-0.2, 0) is 11.3 Å². The van der Waals surface area contributed by atoms with Crippen LogP contribution >= 0.6 is 0 Å². The number of aryl methyl sites for hydroxylation is 1. The highest BCUT2D eigenvalue weighted by Gasteiger charge is 2.26. The van der Waals surface area contributed by atoms with Crippen LogP contribution in [0.3, 0.4) is 0 Å². The van der Waals surface area contributed by atoms with E-state index in [1.165, 1.54) is 0 Å². The maximum absolute atomic E-state index is 12.4. The number of benzene rings is 2. The van der Waals surface area contributed by atoms with Gasteiger partial charge in [0.2, 0.25) is 0 Å². The summed E-state index contributed by atoms with van der Waals surface area (Å²) in [6, 6.07) is 15.2. The van der Waals surface area contributed by atoms with Gasteiger partial charge in [-0.1, -0.05) is 30.3 Å². The number of rotatable bonds is 5. The van der Waals surface area contributed by atoms with Crippen LogP contribution in [0.1, 0.15) is 24.0 Å². The second kappa shape index (κ2) is 8.58. The summed E-state index contributed by atoms with van der Waals surface area (Å²) in [6.07, 6.45) is 0.992. The predicted molar refractivity (Wildman–Crippen MR) is 102 cm³/mol. The van der Waals surface area contributed by atoms with Crippen molar-refractivity contribution >= 4 is 12.0 Å². The number of nitrogens with zero attached hydrogens (tertiary/aromatic N) is 1. The van der Waals surface area contributed by atoms with E-state index in [0.29, 0.717) is 38.2 Å². The predicted octanol–water partition coefficient (Wildman–Crippen LogP) is 3.79. The van der Waals surface area contributed by atoms with Crippen LogP contribution in [0.2, 0.25) is 0 Å². The third-order valence-electron chi connectivity index (χ3n) is 4.75. The van der Waals surface area contributed by atoms with Crippen LogP contribution in [-0.4, -0.2) is 35.1 Å². The number of aliphatic carboxylic acids is 1. The van der Waals surface area contributed by atoms with Crippen LogP contribution in [0, 0.1) is 12.8 Å². The zero-order chi connectivity index (χ0) is 19.2. The lowest BCUT2D eigenvalue weighted by atomic mass is 9.97. The molecule has 1 aliphatic heterocycles. The Bertz CT molecular complexity index is 813. The normalized spacial score (nSPS) is 14.6. The van der Waals surface area contributed by atoms with Gasteiger partial charge in [-0.15, -0.1) is 0 Å². The van der Waals surface area contributed by atoms with Crippen molar-refractivity contribution in [3.05, 3.63) is 59.7 Å². The van der Waals surface area contributed by atoms with Crippen molar-refractivity contribution < 1.29 is 19.4 Å². The lowest BCUT2D eigenvalue weighted by Gasteiger charge is -2.30. The number of piperidine rings is 1. The Morgan fingerprint density at radius 2 is 1.89 bits per heavy atom. The molecule has 1 heterocycles. The molecule has 142 valence electrons. The Morgan fingerprint density at radius 3 is 2.59 bits per heavy atom. The van der Waals surface area contributed by atoms with Gasteiger partial charge < -0.3 is 20.1 Å². The first kappa shape index (κ1) is 18.8. The van der Waals surface area contributed by atoms with Gasteiger partial charge in [-0.2, -0.15) is 0 Å². The summed E-state index contributed by atoms with van der Waals surface area (Å²) >= 11 is 0. The molecule has 1 aliphatic rings. The van der Waals surface area contributed by atoms with Crippen molar-refractivity contribution in [2.45, 2.75) is 26.3 Å². The van der Waals surface area contributed by atoms with E-state index in [1.807, 2.05) is 55.5 Å². The van der Waals surface area contributed by atoms with Crippen LogP contribution < -0.4 is 10.1 Å². The van der Waals surface area contributed by atoms with Crippen molar-refractivity contribution in [3.8, 4) is 11.5 Å². The van der Waals surface area contributed by atoms with Crippen LogP contribution in [0.25, 0.3) is 0 Å². The third-order valence-corrected chi connectivity index (χ3v) is 4.75. The van der Waals surface area contributed by atoms with E-state index >= 15 is 0 Å². The van der Waals surface area contributed by atoms with Crippen molar-refractivity contribution in [2.24, 2.45) is 5.92 Å². The quantitative estimate of drug-likeness (QED) is 0.841. The number of hydrogen-bond acceptors (Lipinski definition) is 3. The van der Waals surface area contributed by atoms with E-state index in [-0.39, 0.29) is 11.9 Å². The standard InChI is InChI=1S/C21H24N2O4/c1-15-5-4-7-18(13-15)27-19-8-3-2-6-17(19)14-22-21(26)23-11-9-16(10-12-23)20(24)25/h2-8,13,16H,9-12,14H2,1H3,(H,22,26)(H,24,25). The fraction of sp³-hybridized carbons (Fsp3) is 0.333. The van der Waals surface area contributed by atoms with E-state index in [0.717, 1.165) is 16.9 Å². The first-order valence-corrected chi connectivity index (χ1v) is 9.11.